The second-order valence-corrected chi connectivity index (χ2v) is 4.83. The van der Waals surface area contributed by atoms with Gasteiger partial charge in [0.15, 0.2) is 24.4 Å². The van der Waals surface area contributed by atoms with E-state index in [0.717, 1.165) is 13.8 Å². The van der Waals surface area contributed by atoms with E-state index in [9.17, 15) is 24.0 Å². The molecule has 24 heavy (non-hydrogen) atoms. The molecule has 0 rings (SSSR count). The Morgan fingerprint density at radius 1 is 0.625 bits per heavy atom. The van der Waals surface area contributed by atoms with E-state index >= 15 is 0 Å². The molecule has 0 aromatic rings. The molecule has 0 bridgehead atoms. The molecule has 0 spiro atoms. The number of ether oxygens (including phenoxy) is 4. The second-order valence-electron chi connectivity index (χ2n) is 4.83. The van der Waals surface area contributed by atoms with Crippen LogP contribution in [0.4, 0.5) is 0 Å². The van der Waals surface area contributed by atoms with Crippen molar-refractivity contribution in [1.29, 1.82) is 0 Å². The fourth-order valence-electron chi connectivity index (χ4n) is 1.25. The third-order valence-corrected chi connectivity index (χ3v) is 2.57. The van der Waals surface area contributed by atoms with Crippen molar-refractivity contribution >= 4 is 29.8 Å². The van der Waals surface area contributed by atoms with Gasteiger partial charge >= 0.3 is 29.8 Å². The smallest absolute Gasteiger partial charge is 0.347 e. The van der Waals surface area contributed by atoms with E-state index < -0.39 is 54.3 Å². The van der Waals surface area contributed by atoms with Gasteiger partial charge in [-0.05, 0) is 27.7 Å². The number of hydrogen-bond acceptors (Lipinski definition) is 9. The number of aliphatic carboxylic acids is 1. The largest absolute Gasteiger partial charge is 0.479 e. The SMILES string of the molecule is CC(=O)O[C@@H](C)C(=O)O[C@@H](C)C(=O)OC(C)C(=O)O[C@@H](C)C(=O)O. The minimum atomic E-state index is -1.40. The van der Waals surface area contributed by atoms with Crippen molar-refractivity contribution in [2.75, 3.05) is 0 Å². The quantitative estimate of drug-likeness (QED) is 0.463. The lowest BCUT2D eigenvalue weighted by atomic mass is 10.3. The maximum absolute atomic E-state index is 11.7. The van der Waals surface area contributed by atoms with Crippen molar-refractivity contribution < 1.29 is 48.0 Å². The van der Waals surface area contributed by atoms with Crippen LogP contribution in [-0.4, -0.2) is 59.4 Å². The maximum Gasteiger partial charge on any atom is 0.347 e. The van der Waals surface area contributed by atoms with Crippen LogP contribution < -0.4 is 0 Å². The first-order chi connectivity index (χ1) is 11.0. The predicted molar refractivity (Wildman–Crippen MR) is 75.5 cm³/mol. The van der Waals surface area contributed by atoms with Crippen molar-refractivity contribution in [3.63, 3.8) is 0 Å². The third-order valence-electron chi connectivity index (χ3n) is 2.57. The van der Waals surface area contributed by atoms with Gasteiger partial charge in [-0.2, -0.15) is 0 Å². The average Bonchev–Trinajstić information content (AvgIpc) is 2.45. The topological polar surface area (TPSA) is 143 Å². The highest BCUT2D eigenvalue weighted by Gasteiger charge is 2.29. The highest BCUT2D eigenvalue weighted by Crippen LogP contribution is 2.05. The molecule has 0 aliphatic rings. The molecule has 0 fully saturated rings. The molecule has 10 heteroatoms. The maximum atomic E-state index is 11.7. The van der Waals surface area contributed by atoms with Crippen LogP contribution in [0.5, 0.6) is 0 Å². The Bertz CT molecular complexity index is 512. The number of carbonyl (C=O) groups is 5. The molecular weight excluding hydrogens is 328 g/mol. The van der Waals surface area contributed by atoms with Crippen LogP contribution in [0.25, 0.3) is 0 Å². The monoisotopic (exact) mass is 348 g/mol. The summed E-state index contributed by atoms with van der Waals surface area (Å²) >= 11 is 0. The molecule has 0 heterocycles. The molecule has 0 aliphatic carbocycles. The number of carboxylic acid groups (broad SMARTS) is 1. The highest BCUT2D eigenvalue weighted by molar-refractivity contribution is 5.85. The third kappa shape index (κ3) is 7.56. The van der Waals surface area contributed by atoms with Gasteiger partial charge in [-0.1, -0.05) is 0 Å². The van der Waals surface area contributed by atoms with E-state index in [0.29, 0.717) is 0 Å². The number of esters is 4. The van der Waals surface area contributed by atoms with Crippen LogP contribution >= 0.6 is 0 Å². The molecule has 0 saturated heterocycles. The van der Waals surface area contributed by atoms with Gasteiger partial charge in [0.1, 0.15) is 0 Å². The average molecular weight is 348 g/mol. The lowest BCUT2D eigenvalue weighted by molar-refractivity contribution is -0.184. The van der Waals surface area contributed by atoms with Gasteiger partial charge in [-0.25, -0.2) is 19.2 Å². The van der Waals surface area contributed by atoms with Crippen LogP contribution in [0.3, 0.4) is 0 Å². The molecule has 136 valence electrons. The van der Waals surface area contributed by atoms with Crippen molar-refractivity contribution in [1.82, 2.24) is 0 Å². The molecule has 0 amide bonds. The Morgan fingerprint density at radius 3 is 1.21 bits per heavy atom. The zero-order valence-corrected chi connectivity index (χ0v) is 13.9. The van der Waals surface area contributed by atoms with Gasteiger partial charge in [0, 0.05) is 6.92 Å². The number of carbonyl (C=O) groups excluding carboxylic acids is 4. The van der Waals surface area contributed by atoms with Gasteiger partial charge in [-0.15, -0.1) is 0 Å². The lowest BCUT2D eigenvalue weighted by Crippen LogP contribution is -2.37. The van der Waals surface area contributed by atoms with E-state index in [4.69, 9.17) is 14.6 Å². The summed E-state index contributed by atoms with van der Waals surface area (Å²) in [5.74, 6) is -5.14. The molecule has 0 aromatic carbocycles. The lowest BCUT2D eigenvalue weighted by Gasteiger charge is -2.18. The number of carboxylic acids is 1. The van der Waals surface area contributed by atoms with Crippen LogP contribution in [0.2, 0.25) is 0 Å². The summed E-state index contributed by atoms with van der Waals surface area (Å²) in [6.07, 6.45) is -5.39. The number of rotatable bonds is 8. The van der Waals surface area contributed by atoms with Crippen LogP contribution in [0, 0.1) is 0 Å². The van der Waals surface area contributed by atoms with Gasteiger partial charge in [0.2, 0.25) is 0 Å². The predicted octanol–water partition coefficient (Wildman–Crippen LogP) is -0.182. The zero-order chi connectivity index (χ0) is 19.0. The fourth-order valence-corrected chi connectivity index (χ4v) is 1.25. The van der Waals surface area contributed by atoms with E-state index in [2.05, 4.69) is 9.47 Å². The van der Waals surface area contributed by atoms with Gasteiger partial charge in [0.05, 0.1) is 0 Å². The normalized spacial score (nSPS) is 15.2. The molecule has 0 saturated carbocycles. The summed E-state index contributed by atoms with van der Waals surface area (Å²) in [4.78, 5) is 56.1. The molecule has 1 unspecified atom stereocenters. The molecule has 0 aliphatic heterocycles. The van der Waals surface area contributed by atoms with Crippen molar-refractivity contribution in [3.8, 4) is 0 Å². The standard InChI is InChI=1S/C14H20O10/c1-6(11(16)17)22-13(19)8(3)24-14(20)9(4)23-12(18)7(2)21-10(5)15/h6-9H,1-5H3,(H,16,17)/t6-,7-,8?,9-/m0/s1. The Labute approximate surface area is 138 Å². The molecule has 10 nitrogen and oxygen atoms in total. The zero-order valence-electron chi connectivity index (χ0n) is 13.9. The molecule has 0 aromatic heterocycles. The van der Waals surface area contributed by atoms with Crippen molar-refractivity contribution in [3.05, 3.63) is 0 Å². The fraction of sp³-hybridized carbons (Fsp3) is 0.643. The van der Waals surface area contributed by atoms with E-state index in [1.807, 2.05) is 0 Å². The van der Waals surface area contributed by atoms with Gasteiger partial charge < -0.3 is 24.1 Å². The number of hydrogen-bond donors (Lipinski definition) is 1. The molecular formula is C14H20O10. The van der Waals surface area contributed by atoms with E-state index in [1.165, 1.54) is 20.8 Å². The summed E-state index contributed by atoms with van der Waals surface area (Å²) in [5.41, 5.74) is 0. The Kier molecular flexibility index (Phi) is 8.43. The van der Waals surface area contributed by atoms with E-state index in [1.54, 1.807) is 0 Å². The second kappa shape index (κ2) is 9.48. The Hall–Kier alpha value is -2.65. The van der Waals surface area contributed by atoms with Gasteiger partial charge in [0.25, 0.3) is 0 Å². The minimum Gasteiger partial charge on any atom is -0.479 e. The summed E-state index contributed by atoms with van der Waals surface area (Å²) in [7, 11) is 0. The first-order valence-electron chi connectivity index (χ1n) is 6.97. The van der Waals surface area contributed by atoms with Crippen molar-refractivity contribution in [2.45, 2.75) is 59.0 Å². The molecule has 4 atom stereocenters. The first-order valence-corrected chi connectivity index (χ1v) is 6.97. The molecule has 1 N–H and O–H groups in total. The highest BCUT2D eigenvalue weighted by atomic mass is 16.6. The van der Waals surface area contributed by atoms with Crippen LogP contribution in [-0.2, 0) is 42.9 Å². The Morgan fingerprint density at radius 2 is 0.917 bits per heavy atom. The summed E-state index contributed by atoms with van der Waals surface area (Å²) in [6.45, 7) is 5.86. The van der Waals surface area contributed by atoms with Crippen LogP contribution in [0.1, 0.15) is 34.6 Å². The minimum absolute atomic E-state index is 0.696. The summed E-state index contributed by atoms with van der Waals surface area (Å²) < 4.78 is 18.6. The van der Waals surface area contributed by atoms with Gasteiger partial charge in [-0.3, -0.25) is 4.79 Å². The Balaban J connectivity index is 4.48. The molecule has 0 radical (unpaired) electrons. The first kappa shape index (κ1) is 21.4. The summed E-state index contributed by atoms with van der Waals surface area (Å²) in [6, 6.07) is 0. The van der Waals surface area contributed by atoms with E-state index in [-0.39, 0.29) is 0 Å². The van der Waals surface area contributed by atoms with Crippen molar-refractivity contribution in [2.24, 2.45) is 0 Å². The summed E-state index contributed by atoms with van der Waals surface area (Å²) in [5, 5.41) is 8.62. The van der Waals surface area contributed by atoms with Crippen LogP contribution in [0.15, 0.2) is 0 Å².